The average molecular weight is 379 g/mol. The number of carbonyl (C=O) groups excluding carboxylic acids is 2. The molecule has 0 aliphatic heterocycles. The fraction of sp³-hybridized carbons (Fsp3) is 0.263. The smallest absolute Gasteiger partial charge is 0.350 e. The minimum Gasteiger partial charge on any atom is -0.350 e. The third-order valence-corrected chi connectivity index (χ3v) is 3.82. The molecule has 0 aromatic heterocycles. The van der Waals surface area contributed by atoms with E-state index < -0.39 is 17.6 Å². The number of hydrogen-bond donors (Lipinski definition) is 3. The number of carbonyl (C=O) groups is 2. The second kappa shape index (κ2) is 9.07. The van der Waals surface area contributed by atoms with Gasteiger partial charge in [0.25, 0.3) is 5.91 Å². The lowest BCUT2D eigenvalue weighted by Crippen LogP contribution is -2.41. The Morgan fingerprint density at radius 2 is 1.52 bits per heavy atom. The minimum absolute atomic E-state index is 0.116. The zero-order chi connectivity index (χ0) is 19.9. The van der Waals surface area contributed by atoms with Crippen LogP contribution in [0.15, 0.2) is 54.6 Å². The number of rotatable bonds is 6. The van der Waals surface area contributed by atoms with Crippen LogP contribution >= 0.6 is 0 Å². The highest BCUT2D eigenvalue weighted by Gasteiger charge is 2.30. The number of urea groups is 1. The molecular formula is C19H20F3N3O2. The van der Waals surface area contributed by atoms with E-state index in [-0.39, 0.29) is 30.7 Å². The van der Waals surface area contributed by atoms with Gasteiger partial charge in [0.2, 0.25) is 0 Å². The van der Waals surface area contributed by atoms with Crippen LogP contribution in [0, 0.1) is 0 Å². The molecule has 3 amide bonds. The molecule has 8 heteroatoms. The molecule has 0 heterocycles. The number of amides is 3. The Balaban J connectivity index is 1.71. The van der Waals surface area contributed by atoms with Gasteiger partial charge in [-0.3, -0.25) is 4.79 Å². The van der Waals surface area contributed by atoms with Gasteiger partial charge in [0.15, 0.2) is 0 Å². The number of nitrogens with one attached hydrogen (secondary N) is 3. The van der Waals surface area contributed by atoms with E-state index in [2.05, 4.69) is 16.0 Å². The highest BCUT2D eigenvalue weighted by atomic mass is 19.4. The second-order valence-electron chi connectivity index (χ2n) is 5.86. The Morgan fingerprint density at radius 3 is 2.11 bits per heavy atom. The van der Waals surface area contributed by atoms with Crippen LogP contribution in [0.1, 0.15) is 34.5 Å². The summed E-state index contributed by atoms with van der Waals surface area (Å²) in [5.41, 5.74) is 0.262. The van der Waals surface area contributed by atoms with E-state index in [0.29, 0.717) is 0 Å². The van der Waals surface area contributed by atoms with E-state index in [9.17, 15) is 22.8 Å². The summed E-state index contributed by atoms with van der Waals surface area (Å²) < 4.78 is 37.5. The summed E-state index contributed by atoms with van der Waals surface area (Å²) in [6.45, 7) is 2.17. The van der Waals surface area contributed by atoms with Gasteiger partial charge in [-0.05, 0) is 36.8 Å². The summed E-state index contributed by atoms with van der Waals surface area (Å²) in [4.78, 5) is 23.7. The summed E-state index contributed by atoms with van der Waals surface area (Å²) in [7, 11) is 0. The molecule has 0 saturated carbocycles. The molecule has 1 atom stereocenters. The van der Waals surface area contributed by atoms with E-state index in [1.807, 2.05) is 37.3 Å². The van der Waals surface area contributed by atoms with Crippen molar-refractivity contribution in [3.63, 3.8) is 0 Å². The second-order valence-corrected chi connectivity index (χ2v) is 5.86. The lowest BCUT2D eigenvalue weighted by atomic mass is 10.1. The van der Waals surface area contributed by atoms with Gasteiger partial charge in [0.05, 0.1) is 11.6 Å². The van der Waals surface area contributed by atoms with Crippen LogP contribution in [0.2, 0.25) is 0 Å². The number of halogens is 3. The molecule has 144 valence electrons. The molecule has 0 fully saturated rings. The summed E-state index contributed by atoms with van der Waals surface area (Å²) in [6.07, 6.45) is -4.44. The fourth-order valence-corrected chi connectivity index (χ4v) is 2.34. The third kappa shape index (κ3) is 6.32. The maximum absolute atomic E-state index is 12.5. The normalized spacial score (nSPS) is 12.1. The molecule has 0 bridgehead atoms. The zero-order valence-corrected chi connectivity index (χ0v) is 14.6. The zero-order valence-electron chi connectivity index (χ0n) is 14.6. The predicted molar refractivity (Wildman–Crippen MR) is 95.2 cm³/mol. The van der Waals surface area contributed by atoms with Crippen LogP contribution < -0.4 is 16.0 Å². The van der Waals surface area contributed by atoms with Crippen molar-refractivity contribution in [3.8, 4) is 0 Å². The van der Waals surface area contributed by atoms with Crippen molar-refractivity contribution in [2.24, 2.45) is 0 Å². The van der Waals surface area contributed by atoms with Gasteiger partial charge in [0.1, 0.15) is 0 Å². The summed E-state index contributed by atoms with van der Waals surface area (Å²) >= 11 is 0. The lowest BCUT2D eigenvalue weighted by Gasteiger charge is -2.15. The van der Waals surface area contributed by atoms with E-state index in [1.54, 1.807) is 0 Å². The van der Waals surface area contributed by atoms with Crippen LogP contribution in [0.3, 0.4) is 0 Å². The Labute approximate surface area is 155 Å². The molecule has 0 unspecified atom stereocenters. The summed E-state index contributed by atoms with van der Waals surface area (Å²) in [6, 6.07) is 12.8. The van der Waals surface area contributed by atoms with Crippen molar-refractivity contribution in [2.75, 3.05) is 13.1 Å². The largest absolute Gasteiger partial charge is 0.416 e. The molecule has 0 aliphatic carbocycles. The first kappa shape index (κ1) is 20.3. The van der Waals surface area contributed by atoms with Crippen molar-refractivity contribution in [2.45, 2.75) is 19.1 Å². The molecule has 0 saturated heterocycles. The average Bonchev–Trinajstić information content (AvgIpc) is 2.65. The van der Waals surface area contributed by atoms with Crippen LogP contribution in [0.5, 0.6) is 0 Å². The standard InChI is InChI=1S/C19H20F3N3O2/c1-13(14-5-3-2-4-6-14)25-18(27)24-12-11-23-17(26)15-7-9-16(10-8-15)19(20,21)22/h2-10,13H,11-12H2,1H3,(H,23,26)(H2,24,25,27)/t13-/m1/s1. The lowest BCUT2D eigenvalue weighted by molar-refractivity contribution is -0.137. The van der Waals surface area contributed by atoms with E-state index in [0.717, 1.165) is 29.8 Å². The monoisotopic (exact) mass is 379 g/mol. The molecule has 5 nitrogen and oxygen atoms in total. The highest BCUT2D eigenvalue weighted by Crippen LogP contribution is 2.29. The van der Waals surface area contributed by atoms with E-state index in [4.69, 9.17) is 0 Å². The van der Waals surface area contributed by atoms with Gasteiger partial charge in [-0.25, -0.2) is 4.79 Å². The van der Waals surface area contributed by atoms with Gasteiger partial charge in [-0.1, -0.05) is 30.3 Å². The van der Waals surface area contributed by atoms with Crippen LogP contribution in [0.25, 0.3) is 0 Å². The van der Waals surface area contributed by atoms with Gasteiger partial charge >= 0.3 is 12.2 Å². The Hall–Kier alpha value is -3.03. The van der Waals surface area contributed by atoms with Gasteiger partial charge in [-0.2, -0.15) is 13.2 Å². The quantitative estimate of drug-likeness (QED) is 0.673. The third-order valence-electron chi connectivity index (χ3n) is 3.82. The van der Waals surface area contributed by atoms with Crippen LogP contribution in [0.4, 0.5) is 18.0 Å². The topological polar surface area (TPSA) is 70.2 Å². The first-order chi connectivity index (χ1) is 12.8. The molecule has 27 heavy (non-hydrogen) atoms. The maximum Gasteiger partial charge on any atom is 0.416 e. The molecule has 0 aliphatic rings. The first-order valence-corrected chi connectivity index (χ1v) is 8.32. The number of hydrogen-bond acceptors (Lipinski definition) is 2. The molecule has 2 aromatic carbocycles. The summed E-state index contributed by atoms with van der Waals surface area (Å²) in [5.74, 6) is -0.511. The molecular weight excluding hydrogens is 359 g/mol. The van der Waals surface area contributed by atoms with Gasteiger partial charge in [0, 0.05) is 18.7 Å². The molecule has 0 spiro atoms. The fourth-order valence-electron chi connectivity index (χ4n) is 2.34. The SMILES string of the molecule is C[C@@H](NC(=O)NCCNC(=O)c1ccc(C(F)(F)F)cc1)c1ccccc1. The predicted octanol–water partition coefficient (Wildman–Crippen LogP) is 3.50. The molecule has 2 rings (SSSR count). The maximum atomic E-state index is 12.5. The van der Waals surface area contributed by atoms with Crippen LogP contribution in [-0.4, -0.2) is 25.0 Å². The van der Waals surface area contributed by atoms with E-state index in [1.165, 1.54) is 0 Å². The van der Waals surface area contributed by atoms with Crippen molar-refractivity contribution >= 4 is 11.9 Å². The van der Waals surface area contributed by atoms with Crippen molar-refractivity contribution in [1.82, 2.24) is 16.0 Å². The van der Waals surface area contributed by atoms with E-state index >= 15 is 0 Å². The van der Waals surface area contributed by atoms with Crippen LogP contribution in [-0.2, 0) is 6.18 Å². The molecule has 3 N–H and O–H groups in total. The number of alkyl halides is 3. The van der Waals surface area contributed by atoms with Gasteiger partial charge in [-0.15, -0.1) is 0 Å². The Morgan fingerprint density at radius 1 is 0.926 bits per heavy atom. The van der Waals surface area contributed by atoms with Crippen molar-refractivity contribution in [3.05, 3.63) is 71.3 Å². The highest BCUT2D eigenvalue weighted by molar-refractivity contribution is 5.94. The minimum atomic E-state index is -4.44. The van der Waals surface area contributed by atoms with Crippen molar-refractivity contribution < 1.29 is 22.8 Å². The number of benzene rings is 2. The Bertz CT molecular complexity index is 762. The van der Waals surface area contributed by atoms with Crippen molar-refractivity contribution in [1.29, 1.82) is 0 Å². The van der Waals surface area contributed by atoms with Gasteiger partial charge < -0.3 is 16.0 Å². The Kier molecular flexibility index (Phi) is 6.81. The molecule has 0 radical (unpaired) electrons. The molecule has 2 aromatic rings. The first-order valence-electron chi connectivity index (χ1n) is 8.32. The summed E-state index contributed by atoms with van der Waals surface area (Å²) in [5, 5.41) is 7.91.